The van der Waals surface area contributed by atoms with Crippen molar-refractivity contribution in [2.24, 2.45) is 0 Å². The van der Waals surface area contributed by atoms with Crippen LogP contribution in [-0.2, 0) is 6.42 Å². The highest BCUT2D eigenvalue weighted by Crippen LogP contribution is 2.29. The number of aromatic nitrogens is 3. The summed E-state index contributed by atoms with van der Waals surface area (Å²) in [4.78, 5) is 24.9. The first-order valence-corrected chi connectivity index (χ1v) is 10.9. The smallest absolute Gasteiger partial charge is 0.267 e. The van der Waals surface area contributed by atoms with E-state index < -0.39 is 0 Å². The molecular formula is C18H11ClN4OS3. The van der Waals surface area contributed by atoms with Crippen molar-refractivity contribution >= 4 is 72.0 Å². The van der Waals surface area contributed by atoms with Crippen LogP contribution in [0.25, 0.3) is 15.3 Å². The minimum absolute atomic E-state index is 0.161. The Kier molecular flexibility index (Phi) is 4.20. The van der Waals surface area contributed by atoms with Gasteiger partial charge in [0.15, 0.2) is 10.1 Å². The average molecular weight is 431 g/mol. The molecule has 0 atom stereocenters. The van der Waals surface area contributed by atoms with Gasteiger partial charge in [-0.05, 0) is 23.8 Å². The summed E-state index contributed by atoms with van der Waals surface area (Å²) >= 11 is 10.5. The van der Waals surface area contributed by atoms with Crippen LogP contribution in [0.15, 0.2) is 48.1 Å². The van der Waals surface area contributed by atoms with Gasteiger partial charge in [0.05, 0.1) is 10.4 Å². The molecule has 0 bridgehead atoms. The Hall–Kier alpha value is -2.26. The third-order valence-electron chi connectivity index (χ3n) is 4.00. The second-order valence-corrected chi connectivity index (χ2v) is 9.32. The van der Waals surface area contributed by atoms with Crippen LogP contribution in [0.1, 0.15) is 20.1 Å². The molecule has 0 unspecified atom stereocenters. The van der Waals surface area contributed by atoms with Crippen LogP contribution >= 0.6 is 45.6 Å². The Morgan fingerprint density at radius 3 is 3.07 bits per heavy atom. The zero-order valence-electron chi connectivity index (χ0n) is 13.7. The Morgan fingerprint density at radius 1 is 1.26 bits per heavy atom. The molecule has 0 saturated heterocycles. The molecule has 0 radical (unpaired) electrons. The van der Waals surface area contributed by atoms with Crippen molar-refractivity contribution in [1.82, 2.24) is 14.4 Å². The highest BCUT2D eigenvalue weighted by molar-refractivity contribution is 7.21. The Morgan fingerprint density at radius 2 is 2.19 bits per heavy atom. The molecule has 0 aliphatic heterocycles. The fourth-order valence-corrected chi connectivity index (χ4v) is 5.56. The van der Waals surface area contributed by atoms with Gasteiger partial charge < -0.3 is 0 Å². The normalized spacial score (nSPS) is 11.4. The molecule has 134 valence electrons. The van der Waals surface area contributed by atoms with Crippen LogP contribution in [0.2, 0.25) is 5.02 Å². The van der Waals surface area contributed by atoms with E-state index in [9.17, 15) is 4.79 Å². The largest absolute Gasteiger partial charge is 0.297 e. The number of thiophene rings is 1. The summed E-state index contributed by atoms with van der Waals surface area (Å²) in [7, 11) is 0. The molecule has 1 aromatic carbocycles. The number of nitrogens with zero attached hydrogens (tertiary/aromatic N) is 3. The first-order valence-electron chi connectivity index (χ1n) is 8.01. The predicted molar refractivity (Wildman–Crippen MR) is 113 cm³/mol. The molecule has 5 nitrogen and oxygen atoms in total. The molecule has 9 heteroatoms. The number of fused-ring (bicyclic) bond motifs is 3. The minimum atomic E-state index is -0.161. The molecule has 1 N–H and O–H groups in total. The number of nitrogens with one attached hydrogen (secondary N) is 1. The SMILES string of the molecule is O=C(Nc1ncc(Cc2cccc(Cl)c2)s1)c1cc2c(nc3sccn32)s1. The number of carbonyl (C=O) groups excluding carboxylic acids is 1. The van der Waals surface area contributed by atoms with E-state index in [-0.39, 0.29) is 5.91 Å². The zero-order chi connectivity index (χ0) is 18.4. The molecule has 0 fully saturated rings. The summed E-state index contributed by atoms with van der Waals surface area (Å²) in [6.45, 7) is 0. The second-order valence-electron chi connectivity index (χ2n) is 5.86. The Bertz CT molecular complexity index is 1280. The van der Waals surface area contributed by atoms with E-state index in [1.54, 1.807) is 17.5 Å². The molecule has 1 amide bonds. The number of hydrogen-bond acceptors (Lipinski definition) is 6. The van der Waals surface area contributed by atoms with Crippen molar-refractivity contribution in [3.63, 3.8) is 0 Å². The number of imidazole rings is 1. The van der Waals surface area contributed by atoms with Crippen LogP contribution in [0.4, 0.5) is 5.13 Å². The van der Waals surface area contributed by atoms with Gasteiger partial charge in [0.1, 0.15) is 4.83 Å². The monoisotopic (exact) mass is 430 g/mol. The van der Waals surface area contributed by atoms with E-state index in [4.69, 9.17) is 11.6 Å². The molecular weight excluding hydrogens is 420 g/mol. The van der Waals surface area contributed by atoms with Gasteiger partial charge >= 0.3 is 0 Å². The fourth-order valence-electron chi connectivity index (χ4n) is 2.81. The quantitative estimate of drug-likeness (QED) is 0.406. The predicted octanol–water partition coefficient (Wildman–Crippen LogP) is 5.56. The number of hydrogen-bond donors (Lipinski definition) is 1. The lowest BCUT2D eigenvalue weighted by Gasteiger charge is -1.99. The van der Waals surface area contributed by atoms with Crippen molar-refractivity contribution in [1.29, 1.82) is 0 Å². The van der Waals surface area contributed by atoms with Gasteiger partial charge in [-0.3, -0.25) is 14.5 Å². The molecule has 0 saturated carbocycles. The number of amides is 1. The molecule has 0 aliphatic rings. The molecule has 27 heavy (non-hydrogen) atoms. The van der Waals surface area contributed by atoms with Gasteiger partial charge in [-0.25, -0.2) is 9.97 Å². The van der Waals surface area contributed by atoms with Crippen molar-refractivity contribution < 1.29 is 4.79 Å². The van der Waals surface area contributed by atoms with Crippen LogP contribution in [0.3, 0.4) is 0 Å². The van der Waals surface area contributed by atoms with E-state index >= 15 is 0 Å². The maximum absolute atomic E-state index is 12.6. The summed E-state index contributed by atoms with van der Waals surface area (Å²) in [5.41, 5.74) is 2.08. The number of thiazole rings is 2. The van der Waals surface area contributed by atoms with Gasteiger partial charge in [-0.1, -0.05) is 23.7 Å². The van der Waals surface area contributed by atoms with Crippen molar-refractivity contribution in [2.45, 2.75) is 6.42 Å². The lowest BCUT2D eigenvalue weighted by Crippen LogP contribution is -2.09. The summed E-state index contributed by atoms with van der Waals surface area (Å²) in [6.07, 6.45) is 4.49. The molecule has 5 rings (SSSR count). The van der Waals surface area contributed by atoms with Crippen LogP contribution < -0.4 is 5.32 Å². The van der Waals surface area contributed by atoms with E-state index in [1.165, 1.54) is 22.7 Å². The van der Waals surface area contributed by atoms with Gasteiger partial charge in [0, 0.05) is 34.1 Å². The van der Waals surface area contributed by atoms with E-state index in [1.807, 2.05) is 46.3 Å². The summed E-state index contributed by atoms with van der Waals surface area (Å²) in [6, 6.07) is 9.62. The highest BCUT2D eigenvalue weighted by Gasteiger charge is 2.16. The number of anilines is 1. The summed E-state index contributed by atoms with van der Waals surface area (Å²) in [5.74, 6) is -0.161. The number of benzene rings is 1. The molecule has 4 heterocycles. The first-order chi connectivity index (χ1) is 13.2. The lowest BCUT2D eigenvalue weighted by atomic mass is 10.1. The van der Waals surface area contributed by atoms with Gasteiger partial charge in [0.25, 0.3) is 5.91 Å². The standard InChI is InChI=1S/C18H11ClN4OS3/c19-11-3-1-2-10(6-11)7-12-9-20-17(26-12)21-15(24)14-8-13-16(27-14)22-18-23(13)4-5-25-18/h1-6,8-9H,7H2,(H,20,21,24). The van der Waals surface area contributed by atoms with Gasteiger partial charge in [-0.2, -0.15) is 0 Å². The first kappa shape index (κ1) is 16.9. The lowest BCUT2D eigenvalue weighted by molar-refractivity contribution is 0.103. The van der Waals surface area contributed by atoms with Crippen LogP contribution in [-0.4, -0.2) is 20.3 Å². The highest BCUT2D eigenvalue weighted by atomic mass is 35.5. The van der Waals surface area contributed by atoms with Crippen molar-refractivity contribution in [3.8, 4) is 0 Å². The topological polar surface area (TPSA) is 59.3 Å². The maximum atomic E-state index is 12.6. The summed E-state index contributed by atoms with van der Waals surface area (Å²) in [5, 5.41) is 6.17. The van der Waals surface area contributed by atoms with Gasteiger partial charge in [-0.15, -0.1) is 34.0 Å². The molecule has 0 spiro atoms. The van der Waals surface area contributed by atoms with E-state index in [0.717, 1.165) is 32.2 Å². The number of carbonyl (C=O) groups is 1. The summed E-state index contributed by atoms with van der Waals surface area (Å²) < 4.78 is 2.00. The third kappa shape index (κ3) is 3.25. The molecule has 4 aromatic heterocycles. The molecule has 5 aromatic rings. The van der Waals surface area contributed by atoms with Crippen LogP contribution in [0.5, 0.6) is 0 Å². The number of halogens is 1. The Balaban J connectivity index is 1.33. The second kappa shape index (κ2) is 6.72. The van der Waals surface area contributed by atoms with E-state index in [2.05, 4.69) is 15.3 Å². The number of rotatable bonds is 4. The van der Waals surface area contributed by atoms with Crippen LogP contribution in [0, 0.1) is 0 Å². The zero-order valence-corrected chi connectivity index (χ0v) is 16.9. The minimum Gasteiger partial charge on any atom is -0.297 e. The average Bonchev–Trinajstić information content (AvgIpc) is 3.37. The Labute approximate surface area is 170 Å². The fraction of sp³-hybridized carbons (Fsp3) is 0.0556. The van der Waals surface area contributed by atoms with Gasteiger partial charge in [0.2, 0.25) is 0 Å². The molecule has 0 aliphatic carbocycles. The van der Waals surface area contributed by atoms with Crippen molar-refractivity contribution in [2.75, 3.05) is 5.32 Å². The third-order valence-corrected chi connectivity index (χ3v) is 6.93. The van der Waals surface area contributed by atoms with E-state index in [0.29, 0.717) is 15.0 Å². The maximum Gasteiger partial charge on any atom is 0.267 e. The van der Waals surface area contributed by atoms with Crippen molar-refractivity contribution in [3.05, 3.63) is 68.4 Å².